The molecule has 0 bridgehead atoms. The number of fused-ring (bicyclic) bond motifs is 1. The Morgan fingerprint density at radius 2 is 2.00 bits per heavy atom. The van der Waals surface area contributed by atoms with Crippen LogP contribution >= 0.6 is 0 Å². The second-order valence-electron chi connectivity index (χ2n) is 4.46. The molecule has 0 spiro atoms. The van der Waals surface area contributed by atoms with Crippen LogP contribution in [0.5, 0.6) is 0 Å². The van der Waals surface area contributed by atoms with Crippen LogP contribution in [0.4, 0.5) is 5.69 Å². The Hall–Kier alpha value is -1.58. The first-order valence-electron chi connectivity index (χ1n) is 4.58. The van der Waals surface area contributed by atoms with E-state index < -0.39 is 0 Å². The van der Waals surface area contributed by atoms with Crippen molar-refractivity contribution in [3.05, 3.63) is 24.2 Å². The van der Waals surface area contributed by atoms with Gasteiger partial charge in [-0.15, -0.1) is 0 Å². The number of nitrogens with two attached hydrogens (primary N) is 1. The fraction of sp³-hybridized carbons (Fsp3) is 0.400. The summed E-state index contributed by atoms with van der Waals surface area (Å²) in [7, 11) is 0. The van der Waals surface area contributed by atoms with Gasteiger partial charge in [0.15, 0.2) is 5.65 Å². The van der Waals surface area contributed by atoms with E-state index in [2.05, 4.69) is 30.9 Å². The van der Waals surface area contributed by atoms with E-state index in [-0.39, 0.29) is 5.41 Å². The van der Waals surface area contributed by atoms with Crippen molar-refractivity contribution in [1.29, 1.82) is 0 Å². The summed E-state index contributed by atoms with van der Waals surface area (Å²) >= 11 is 0. The van der Waals surface area contributed by atoms with E-state index >= 15 is 0 Å². The molecule has 4 heteroatoms. The quantitative estimate of drug-likeness (QED) is 0.686. The van der Waals surface area contributed by atoms with E-state index in [1.807, 2.05) is 6.20 Å². The van der Waals surface area contributed by atoms with Gasteiger partial charge in [-0.3, -0.25) is 0 Å². The van der Waals surface area contributed by atoms with E-state index in [1.54, 1.807) is 16.9 Å². The summed E-state index contributed by atoms with van der Waals surface area (Å²) < 4.78 is 1.72. The normalized spacial score (nSPS) is 12.2. The van der Waals surface area contributed by atoms with Crippen LogP contribution in [0.3, 0.4) is 0 Å². The largest absolute Gasteiger partial charge is 0.396 e. The summed E-state index contributed by atoms with van der Waals surface area (Å²) in [5, 5.41) is 4.22. The second kappa shape index (κ2) is 2.70. The molecule has 0 aliphatic carbocycles. The maximum absolute atomic E-state index is 5.62. The molecule has 0 saturated carbocycles. The van der Waals surface area contributed by atoms with E-state index in [9.17, 15) is 0 Å². The van der Waals surface area contributed by atoms with E-state index in [4.69, 9.17) is 5.73 Å². The Morgan fingerprint density at radius 3 is 2.64 bits per heavy atom. The average molecular weight is 190 g/mol. The third-order valence-electron chi connectivity index (χ3n) is 2.18. The molecule has 2 aromatic heterocycles. The lowest BCUT2D eigenvalue weighted by molar-refractivity contribution is 0.594. The number of rotatable bonds is 0. The van der Waals surface area contributed by atoms with Gasteiger partial charge in [0.25, 0.3) is 0 Å². The van der Waals surface area contributed by atoms with Gasteiger partial charge in [-0.05, 0) is 5.41 Å². The van der Waals surface area contributed by atoms with E-state index in [0.717, 1.165) is 11.2 Å². The number of aromatic nitrogens is 3. The predicted octanol–water partition coefficient (Wildman–Crippen LogP) is 1.61. The van der Waals surface area contributed by atoms with Gasteiger partial charge in [0.2, 0.25) is 0 Å². The molecule has 4 nitrogen and oxygen atoms in total. The van der Waals surface area contributed by atoms with Crippen LogP contribution in [0.1, 0.15) is 26.3 Å². The van der Waals surface area contributed by atoms with Gasteiger partial charge in [0.05, 0.1) is 24.3 Å². The van der Waals surface area contributed by atoms with Gasteiger partial charge in [0.1, 0.15) is 0 Å². The maximum Gasteiger partial charge on any atom is 0.158 e. The molecular formula is C10H14N4. The van der Waals surface area contributed by atoms with Crippen LogP contribution in [0, 0.1) is 0 Å². The van der Waals surface area contributed by atoms with E-state index in [1.165, 1.54) is 0 Å². The first-order valence-corrected chi connectivity index (χ1v) is 4.58. The summed E-state index contributed by atoms with van der Waals surface area (Å²) in [5.41, 5.74) is 8.32. The number of hydrogen-bond acceptors (Lipinski definition) is 3. The molecule has 0 radical (unpaired) electrons. The minimum Gasteiger partial charge on any atom is -0.396 e. The van der Waals surface area contributed by atoms with Crippen LogP contribution in [0.25, 0.3) is 5.65 Å². The van der Waals surface area contributed by atoms with Crippen molar-refractivity contribution >= 4 is 11.3 Å². The molecule has 2 rings (SSSR count). The lowest BCUT2D eigenvalue weighted by atomic mass is 9.89. The number of nitrogens with zero attached hydrogens (tertiary/aromatic N) is 3. The van der Waals surface area contributed by atoms with Crippen molar-refractivity contribution in [1.82, 2.24) is 14.6 Å². The molecule has 0 amide bonds. The highest BCUT2D eigenvalue weighted by molar-refractivity contribution is 5.52. The second-order valence-corrected chi connectivity index (χ2v) is 4.46. The standard InChI is InChI=1S/C10H14N4/c1-10(2,3)8-5-13-14-6-7(11)4-12-9(8)14/h4-6H,11H2,1-3H3. The van der Waals surface area contributed by atoms with Crippen molar-refractivity contribution in [3.63, 3.8) is 0 Å². The van der Waals surface area contributed by atoms with Crippen molar-refractivity contribution < 1.29 is 0 Å². The van der Waals surface area contributed by atoms with Crippen LogP contribution < -0.4 is 5.73 Å². The summed E-state index contributed by atoms with van der Waals surface area (Å²) in [5.74, 6) is 0. The lowest BCUT2D eigenvalue weighted by Crippen LogP contribution is -2.11. The molecule has 0 aromatic carbocycles. The van der Waals surface area contributed by atoms with Crippen LogP contribution in [0.2, 0.25) is 0 Å². The average Bonchev–Trinajstić information content (AvgIpc) is 2.45. The summed E-state index contributed by atoms with van der Waals surface area (Å²) in [4.78, 5) is 4.28. The molecular weight excluding hydrogens is 176 g/mol. The molecule has 0 fully saturated rings. The Bertz CT molecular complexity index is 464. The molecule has 2 aromatic rings. The highest BCUT2D eigenvalue weighted by Gasteiger charge is 2.19. The van der Waals surface area contributed by atoms with Crippen LogP contribution in [-0.4, -0.2) is 14.6 Å². The third kappa shape index (κ3) is 1.32. The molecule has 2 heterocycles. The Kier molecular flexibility index (Phi) is 1.74. The van der Waals surface area contributed by atoms with Crippen molar-refractivity contribution in [3.8, 4) is 0 Å². The summed E-state index contributed by atoms with van der Waals surface area (Å²) in [6, 6.07) is 0. The number of nitrogen functional groups attached to an aromatic ring is 1. The molecule has 0 saturated heterocycles. The first-order chi connectivity index (χ1) is 6.48. The Balaban J connectivity index is 2.70. The maximum atomic E-state index is 5.62. The van der Waals surface area contributed by atoms with Gasteiger partial charge >= 0.3 is 0 Å². The Labute approximate surface area is 82.8 Å². The van der Waals surface area contributed by atoms with Gasteiger partial charge in [-0.25, -0.2) is 9.50 Å². The molecule has 0 aliphatic rings. The van der Waals surface area contributed by atoms with Crippen LogP contribution in [-0.2, 0) is 5.41 Å². The fourth-order valence-electron chi connectivity index (χ4n) is 1.42. The van der Waals surface area contributed by atoms with Gasteiger partial charge in [0, 0.05) is 5.56 Å². The molecule has 0 aliphatic heterocycles. The van der Waals surface area contributed by atoms with Crippen molar-refractivity contribution in [2.24, 2.45) is 0 Å². The number of anilines is 1. The van der Waals surface area contributed by atoms with Crippen molar-refractivity contribution in [2.45, 2.75) is 26.2 Å². The zero-order valence-electron chi connectivity index (χ0n) is 8.65. The first kappa shape index (κ1) is 8.99. The van der Waals surface area contributed by atoms with Gasteiger partial charge in [-0.1, -0.05) is 20.8 Å². The number of hydrogen-bond donors (Lipinski definition) is 1. The molecule has 14 heavy (non-hydrogen) atoms. The zero-order chi connectivity index (χ0) is 10.3. The minimum absolute atomic E-state index is 0.0604. The highest BCUT2D eigenvalue weighted by Crippen LogP contribution is 2.25. The van der Waals surface area contributed by atoms with Crippen LogP contribution in [0.15, 0.2) is 18.6 Å². The highest BCUT2D eigenvalue weighted by atomic mass is 15.2. The zero-order valence-corrected chi connectivity index (χ0v) is 8.65. The topological polar surface area (TPSA) is 56.2 Å². The van der Waals surface area contributed by atoms with Crippen molar-refractivity contribution in [2.75, 3.05) is 5.73 Å². The third-order valence-corrected chi connectivity index (χ3v) is 2.18. The molecule has 74 valence electrons. The monoisotopic (exact) mass is 190 g/mol. The Morgan fingerprint density at radius 1 is 1.29 bits per heavy atom. The van der Waals surface area contributed by atoms with E-state index in [0.29, 0.717) is 5.69 Å². The SMILES string of the molecule is CC(C)(C)c1cnn2cc(N)cnc12. The summed E-state index contributed by atoms with van der Waals surface area (Å²) in [6.07, 6.45) is 5.28. The predicted molar refractivity (Wildman–Crippen MR) is 56.1 cm³/mol. The fourth-order valence-corrected chi connectivity index (χ4v) is 1.42. The smallest absolute Gasteiger partial charge is 0.158 e. The molecule has 0 unspecified atom stereocenters. The minimum atomic E-state index is 0.0604. The molecule has 0 atom stereocenters. The van der Waals surface area contributed by atoms with Gasteiger partial charge in [-0.2, -0.15) is 5.10 Å². The summed E-state index contributed by atoms with van der Waals surface area (Å²) in [6.45, 7) is 6.42. The lowest BCUT2D eigenvalue weighted by Gasteiger charge is -2.15. The van der Waals surface area contributed by atoms with Gasteiger partial charge < -0.3 is 5.73 Å². The molecule has 2 N–H and O–H groups in total.